The van der Waals surface area contributed by atoms with Crippen LogP contribution in [0.3, 0.4) is 0 Å². The second-order valence-corrected chi connectivity index (χ2v) is 23.5. The lowest BCUT2D eigenvalue weighted by atomic mass is 9.90. The van der Waals surface area contributed by atoms with Crippen LogP contribution in [-0.4, -0.2) is 105 Å². The molecule has 2 aromatic heterocycles. The number of halogens is 2. The molecule has 6 rings (SSSR count). The number of H-pyrrole nitrogens is 1. The Morgan fingerprint density at radius 2 is 1.62 bits per heavy atom. The molecular formula is C46H58F2N5O9PS3. The van der Waals surface area contributed by atoms with E-state index in [4.69, 9.17) is 15.6 Å². The minimum atomic E-state index is -5.26. The van der Waals surface area contributed by atoms with E-state index in [0.29, 0.717) is 35.9 Å². The lowest BCUT2D eigenvalue weighted by Crippen LogP contribution is -2.57. The van der Waals surface area contributed by atoms with Crippen LogP contribution in [0.1, 0.15) is 106 Å². The summed E-state index contributed by atoms with van der Waals surface area (Å²) < 4.78 is 58.2. The maximum absolute atomic E-state index is 16.5. The molecule has 0 saturated carbocycles. The Hall–Kier alpha value is -3.92. The number of nitrogens with one attached hydrogen (secondary N) is 2. The van der Waals surface area contributed by atoms with Gasteiger partial charge in [-0.1, -0.05) is 70.6 Å². The number of pyridine rings is 1. The van der Waals surface area contributed by atoms with Crippen LogP contribution in [0.4, 0.5) is 8.78 Å². The summed E-state index contributed by atoms with van der Waals surface area (Å²) in [5.74, 6) is -1.38. The van der Waals surface area contributed by atoms with Crippen LogP contribution >= 0.6 is 42.5 Å². The van der Waals surface area contributed by atoms with E-state index in [1.54, 1.807) is 15.9 Å². The highest BCUT2D eigenvalue weighted by atomic mass is 32.2. The van der Waals surface area contributed by atoms with Crippen LogP contribution in [0, 0.1) is 24.3 Å². The minimum Gasteiger partial charge on any atom is -0.340 e. The van der Waals surface area contributed by atoms with Crippen LogP contribution in [0.2, 0.25) is 0 Å². The number of likely N-dealkylation sites (tertiary alicyclic amines) is 1. The largest absolute Gasteiger partial charge is 0.404 e. The van der Waals surface area contributed by atoms with Crippen molar-refractivity contribution >= 4 is 80.5 Å². The molecule has 3 aliphatic rings. The van der Waals surface area contributed by atoms with Crippen LogP contribution in [-0.2, 0) is 38.5 Å². The average Bonchev–Trinajstić information content (AvgIpc) is 4.02. The summed E-state index contributed by atoms with van der Waals surface area (Å²) in [6, 6.07) is 5.64. The number of carbonyl (C=O) groups excluding carboxylic acids is 5. The monoisotopic (exact) mass is 989 g/mol. The number of aromatic nitrogens is 1. The van der Waals surface area contributed by atoms with Crippen molar-refractivity contribution in [2.24, 2.45) is 17.8 Å². The fourth-order valence-corrected chi connectivity index (χ4v) is 13.3. The number of amides is 3. The van der Waals surface area contributed by atoms with E-state index in [0.717, 1.165) is 53.4 Å². The molecule has 1 unspecified atom stereocenters. The van der Waals surface area contributed by atoms with Crippen molar-refractivity contribution in [1.82, 2.24) is 20.1 Å². The third-order valence-corrected chi connectivity index (χ3v) is 17.0. The summed E-state index contributed by atoms with van der Waals surface area (Å²) in [4.78, 5) is 89.0. The predicted molar refractivity (Wildman–Crippen MR) is 254 cm³/mol. The topological polar surface area (TPSA) is 177 Å². The van der Waals surface area contributed by atoms with Crippen molar-refractivity contribution in [3.63, 3.8) is 0 Å². The fraction of sp³-hybridized carbons (Fsp3) is 0.587. The average molecular weight is 990 g/mol. The molecule has 0 radical (unpaired) electrons. The third kappa shape index (κ3) is 12.2. The summed E-state index contributed by atoms with van der Waals surface area (Å²) in [5.41, 5.74) is -4.48. The van der Waals surface area contributed by atoms with Crippen molar-refractivity contribution in [2.45, 2.75) is 115 Å². The number of hydrogen-bond acceptors (Lipinski definition) is 12. The number of thiophene rings is 1. The first-order valence-electron chi connectivity index (χ1n) is 22.4. The lowest BCUT2D eigenvalue weighted by Gasteiger charge is -2.38. The lowest BCUT2D eigenvalue weighted by molar-refractivity contribution is -0.147. The maximum atomic E-state index is 16.5. The summed E-state index contributed by atoms with van der Waals surface area (Å²) in [7, 11) is -5.26. The van der Waals surface area contributed by atoms with Crippen molar-refractivity contribution in [2.75, 3.05) is 37.8 Å². The number of nitrogens with zero attached hydrogens (tertiary/aromatic N) is 3. The summed E-state index contributed by atoms with van der Waals surface area (Å²) in [6.45, 7) is 16.9. The van der Waals surface area contributed by atoms with E-state index < -0.39 is 56.1 Å². The minimum absolute atomic E-state index is 0.0298. The van der Waals surface area contributed by atoms with Gasteiger partial charge in [0.2, 0.25) is 23.4 Å². The molecule has 3 aromatic rings. The number of fused-ring (bicyclic) bond motifs is 2. The molecule has 3 fully saturated rings. The third-order valence-electron chi connectivity index (χ3n) is 12.2. The van der Waals surface area contributed by atoms with E-state index in [1.807, 2.05) is 27.7 Å². The van der Waals surface area contributed by atoms with Crippen LogP contribution < -0.4 is 10.9 Å². The number of alkyl halides is 2. The molecule has 66 heavy (non-hydrogen) atoms. The Balaban J connectivity index is 1.17. The van der Waals surface area contributed by atoms with E-state index in [2.05, 4.69) is 22.1 Å². The Labute approximate surface area is 396 Å². The van der Waals surface area contributed by atoms with Crippen LogP contribution in [0.15, 0.2) is 47.4 Å². The van der Waals surface area contributed by atoms with Crippen LogP contribution in [0.5, 0.6) is 0 Å². The van der Waals surface area contributed by atoms with Gasteiger partial charge in [0.05, 0.1) is 30.6 Å². The SMILES string of the molecule is [C-]#[N+][C@@H]1CN(C(=O)[C@@H]2CC[C@@H]3C(C)CCC[C@H](NC(=O)c4cc5cc(C(F)(F)P(=O)(OCCSC(=O)CC(C)C)OCCSC(=O)CC(C)C)ccc5s4)C(=O)N32)C[C@H]1c1cc[nH]c(=O)c1. The smallest absolute Gasteiger partial charge is 0.340 e. The van der Waals surface area contributed by atoms with Crippen molar-refractivity contribution < 1.29 is 46.4 Å². The fourth-order valence-electron chi connectivity index (χ4n) is 8.90. The first-order chi connectivity index (χ1) is 31.3. The van der Waals surface area contributed by atoms with Gasteiger partial charge in [-0.15, -0.1) is 11.3 Å². The van der Waals surface area contributed by atoms with E-state index >= 15 is 8.78 Å². The van der Waals surface area contributed by atoms with Gasteiger partial charge in [0.1, 0.15) is 12.1 Å². The number of aromatic amines is 1. The molecule has 3 aliphatic heterocycles. The predicted octanol–water partition coefficient (Wildman–Crippen LogP) is 8.67. The van der Waals surface area contributed by atoms with Crippen molar-refractivity contribution in [3.05, 3.63) is 80.4 Å². The summed E-state index contributed by atoms with van der Waals surface area (Å²) >= 11 is 2.82. The summed E-state index contributed by atoms with van der Waals surface area (Å²) in [6.07, 6.45) is 4.83. The van der Waals surface area contributed by atoms with Gasteiger partial charge in [-0.25, -0.2) is 6.57 Å². The zero-order chi connectivity index (χ0) is 47.9. The second kappa shape index (κ2) is 22.5. The Morgan fingerprint density at radius 3 is 2.24 bits per heavy atom. The highest BCUT2D eigenvalue weighted by molar-refractivity contribution is 8.13. The zero-order valence-electron chi connectivity index (χ0n) is 37.8. The van der Waals surface area contributed by atoms with Gasteiger partial charge in [-0.05, 0) is 78.7 Å². The number of rotatable bonds is 18. The summed E-state index contributed by atoms with van der Waals surface area (Å²) in [5, 5.41) is 2.83. The first-order valence-corrected chi connectivity index (χ1v) is 26.7. The first kappa shape index (κ1) is 51.5. The highest BCUT2D eigenvalue weighted by Crippen LogP contribution is 2.67. The number of benzene rings is 1. The van der Waals surface area contributed by atoms with Gasteiger partial charge in [0.25, 0.3) is 5.91 Å². The molecular weight excluding hydrogens is 932 g/mol. The van der Waals surface area contributed by atoms with Gasteiger partial charge in [0.15, 0.2) is 10.2 Å². The Morgan fingerprint density at radius 1 is 0.955 bits per heavy atom. The molecule has 0 bridgehead atoms. The van der Waals surface area contributed by atoms with Gasteiger partial charge < -0.3 is 34.0 Å². The van der Waals surface area contributed by atoms with E-state index in [9.17, 15) is 33.3 Å². The Bertz CT molecular complexity index is 2390. The van der Waals surface area contributed by atoms with E-state index in [1.165, 1.54) is 24.4 Å². The molecule has 3 saturated heterocycles. The van der Waals surface area contributed by atoms with Crippen LogP contribution in [0.25, 0.3) is 14.9 Å². The number of carbonyl (C=O) groups is 5. The van der Waals surface area contributed by atoms with Crippen molar-refractivity contribution in [3.8, 4) is 0 Å². The maximum Gasteiger partial charge on any atom is 0.404 e. The molecule has 3 amide bonds. The second-order valence-electron chi connectivity index (χ2n) is 18.1. The molecule has 5 heterocycles. The zero-order valence-corrected chi connectivity index (χ0v) is 41.1. The number of thioether (sulfide) groups is 2. The van der Waals surface area contributed by atoms with Gasteiger partial charge >= 0.3 is 13.3 Å². The Kier molecular flexibility index (Phi) is 17.5. The van der Waals surface area contributed by atoms with Gasteiger partial charge in [0, 0.05) is 59.5 Å². The molecule has 6 atom stereocenters. The number of hydrogen-bond donors (Lipinski definition) is 2. The van der Waals surface area contributed by atoms with Gasteiger partial charge in [-0.2, -0.15) is 8.78 Å². The normalized spacial score (nSPS) is 22.6. The van der Waals surface area contributed by atoms with E-state index in [-0.39, 0.29) is 105 Å². The standard InChI is InChI=1S/C46H58F2N5O9PS3/c1-27(2)20-41(55)64-18-16-61-63(60,62-17-19-65-42(56)21-28(3)4)46(47,48)32-10-13-38-31(22-32)23-39(66-38)43(57)51-34-9-7-8-29(5)36-11-12-37(53(36)44(34)58)45(59)52-25-33(35(26-52)49-6)30-14-15-50-40(54)24-30/h10,13-15,22-24,27-29,33-37H,7-9,11-12,16-21,25-26H2,1-5H3,(H,50,54)(H,51,57)/t29?,33-,34-,35+,36+,37-/m0/s1. The molecule has 14 nitrogen and oxygen atoms in total. The molecule has 358 valence electrons. The van der Waals surface area contributed by atoms with Gasteiger partial charge in [-0.3, -0.25) is 33.3 Å². The molecule has 0 spiro atoms. The van der Waals surface area contributed by atoms with Crippen molar-refractivity contribution in [1.29, 1.82) is 0 Å². The molecule has 20 heteroatoms. The highest BCUT2D eigenvalue weighted by Gasteiger charge is 2.55. The molecule has 0 aliphatic carbocycles. The molecule has 1 aromatic carbocycles. The quantitative estimate of drug-likeness (QED) is 0.0709. The molecule has 2 N–H and O–H groups in total.